The topological polar surface area (TPSA) is 50.2 Å². The molecule has 0 radical (unpaired) electrons. The van der Waals surface area contributed by atoms with Gasteiger partial charge in [0.1, 0.15) is 0 Å². The normalized spacial score (nSPS) is 17.7. The van der Waals surface area contributed by atoms with Crippen LogP contribution in [0.25, 0.3) is 0 Å². The average molecular weight is 316 g/mol. The zero-order valence-corrected chi connectivity index (χ0v) is 13.4. The maximum Gasteiger partial charge on any atom is 0.323 e. The summed E-state index contributed by atoms with van der Waals surface area (Å²) >= 11 is 1.86. The number of nitrogens with one attached hydrogen (secondary N) is 1. The van der Waals surface area contributed by atoms with Gasteiger partial charge in [0.05, 0.1) is 0 Å². The molecule has 1 saturated heterocycles. The van der Waals surface area contributed by atoms with Gasteiger partial charge in [-0.05, 0) is 24.5 Å². The zero-order chi connectivity index (χ0) is 15.4. The summed E-state index contributed by atoms with van der Waals surface area (Å²) in [5, 5.41) is 7.02. The van der Waals surface area contributed by atoms with E-state index in [1.807, 2.05) is 36.0 Å². The number of carbonyl (C=O) groups is 1. The monoisotopic (exact) mass is 316 g/mol. The lowest BCUT2D eigenvalue weighted by Gasteiger charge is -2.16. The number of anilines is 1. The van der Waals surface area contributed by atoms with Crippen LogP contribution in [0.2, 0.25) is 0 Å². The first kappa shape index (κ1) is 15.0. The number of hydrogen-bond donors (Lipinski definition) is 1. The van der Waals surface area contributed by atoms with E-state index in [1.165, 1.54) is 4.90 Å². The Balaban J connectivity index is 1.46. The lowest BCUT2D eigenvalue weighted by atomic mass is 10.2. The Morgan fingerprint density at radius 2 is 2.18 bits per heavy atom. The number of thioether (sulfide) groups is 1. The van der Waals surface area contributed by atoms with Crippen molar-refractivity contribution in [2.45, 2.75) is 11.3 Å². The summed E-state index contributed by atoms with van der Waals surface area (Å²) in [7, 11) is 1.84. The molecule has 3 rings (SSSR count). The molecule has 0 bridgehead atoms. The summed E-state index contributed by atoms with van der Waals surface area (Å²) in [5.74, 6) is 2.21. The minimum atomic E-state index is -0.0501. The van der Waals surface area contributed by atoms with Gasteiger partial charge in [-0.2, -0.15) is 5.10 Å². The van der Waals surface area contributed by atoms with Crippen molar-refractivity contribution in [1.29, 1.82) is 0 Å². The molecule has 1 aliphatic heterocycles. The van der Waals surface area contributed by atoms with Crippen LogP contribution in [0.4, 0.5) is 10.6 Å². The van der Waals surface area contributed by atoms with E-state index in [4.69, 9.17) is 0 Å². The fraction of sp³-hybridized carbons (Fsp3) is 0.375. The van der Waals surface area contributed by atoms with E-state index in [1.54, 1.807) is 10.7 Å². The molecule has 0 aliphatic carbocycles. The number of rotatable bonds is 4. The van der Waals surface area contributed by atoms with E-state index >= 15 is 0 Å². The molecule has 5 nitrogen and oxygen atoms in total. The highest BCUT2D eigenvalue weighted by Gasteiger charge is 2.26. The van der Waals surface area contributed by atoms with Gasteiger partial charge >= 0.3 is 6.03 Å². The molecule has 1 aromatic carbocycles. The van der Waals surface area contributed by atoms with Crippen molar-refractivity contribution in [3.63, 3.8) is 0 Å². The first-order valence-electron chi connectivity index (χ1n) is 7.44. The largest absolute Gasteiger partial charge is 0.324 e. The van der Waals surface area contributed by atoms with E-state index < -0.39 is 0 Å². The number of benzene rings is 1. The average Bonchev–Trinajstić information content (AvgIpc) is 3.15. The van der Waals surface area contributed by atoms with E-state index in [0.717, 1.165) is 25.3 Å². The van der Waals surface area contributed by atoms with E-state index in [0.29, 0.717) is 11.7 Å². The summed E-state index contributed by atoms with van der Waals surface area (Å²) in [4.78, 5) is 15.4. The van der Waals surface area contributed by atoms with Gasteiger partial charge in [0, 0.05) is 43.0 Å². The molecule has 22 heavy (non-hydrogen) atoms. The Morgan fingerprint density at radius 3 is 2.91 bits per heavy atom. The van der Waals surface area contributed by atoms with Crippen molar-refractivity contribution in [1.82, 2.24) is 14.7 Å². The SMILES string of the molecule is Cn1ccc(NC(=O)N2CCC(CSc3ccccc3)C2)n1. The molecule has 1 aromatic heterocycles. The standard InChI is InChI=1S/C16H20N4OS/c1-19-9-8-15(18-19)17-16(21)20-10-7-13(11-20)12-22-14-5-3-2-4-6-14/h2-6,8-9,13H,7,10-12H2,1H3,(H,17,18,21). The number of amides is 2. The van der Waals surface area contributed by atoms with Gasteiger partial charge in [0.2, 0.25) is 0 Å². The van der Waals surface area contributed by atoms with Gasteiger partial charge in [-0.25, -0.2) is 4.79 Å². The van der Waals surface area contributed by atoms with Gasteiger partial charge in [0.25, 0.3) is 0 Å². The van der Waals surface area contributed by atoms with Crippen LogP contribution in [-0.4, -0.2) is 39.6 Å². The summed E-state index contributed by atoms with van der Waals surface area (Å²) in [5.41, 5.74) is 0. The highest BCUT2D eigenvalue weighted by Crippen LogP contribution is 2.26. The maximum absolute atomic E-state index is 12.2. The second kappa shape index (κ2) is 6.87. The van der Waals surface area contributed by atoms with Gasteiger partial charge in [0.15, 0.2) is 5.82 Å². The Hall–Kier alpha value is -1.95. The van der Waals surface area contributed by atoms with E-state index in [-0.39, 0.29) is 6.03 Å². The fourth-order valence-corrected chi connectivity index (χ4v) is 3.60. The lowest BCUT2D eigenvalue weighted by Crippen LogP contribution is -2.33. The summed E-state index contributed by atoms with van der Waals surface area (Å²) in [6.45, 7) is 1.64. The van der Waals surface area contributed by atoms with Crippen molar-refractivity contribution < 1.29 is 4.79 Å². The number of carbonyl (C=O) groups excluding carboxylic acids is 1. The molecule has 2 amide bonds. The molecular weight excluding hydrogens is 296 g/mol. The summed E-state index contributed by atoms with van der Waals surface area (Å²) < 4.78 is 1.68. The van der Waals surface area contributed by atoms with Gasteiger partial charge in [-0.3, -0.25) is 10.00 Å². The van der Waals surface area contributed by atoms with Crippen molar-refractivity contribution in [3.8, 4) is 0 Å². The number of hydrogen-bond acceptors (Lipinski definition) is 3. The van der Waals surface area contributed by atoms with Crippen LogP contribution in [0.15, 0.2) is 47.5 Å². The molecule has 0 spiro atoms. The Kier molecular flexibility index (Phi) is 4.68. The van der Waals surface area contributed by atoms with Gasteiger partial charge in [-0.15, -0.1) is 11.8 Å². The zero-order valence-electron chi connectivity index (χ0n) is 12.6. The van der Waals surface area contributed by atoms with Crippen molar-refractivity contribution in [3.05, 3.63) is 42.6 Å². The summed E-state index contributed by atoms with van der Waals surface area (Å²) in [6, 6.07) is 12.2. The van der Waals surface area contributed by atoms with Gasteiger partial charge in [-0.1, -0.05) is 18.2 Å². The Labute approximate surface area is 134 Å². The van der Waals surface area contributed by atoms with Crippen molar-refractivity contribution in [2.75, 3.05) is 24.2 Å². The van der Waals surface area contributed by atoms with Crippen molar-refractivity contribution in [2.24, 2.45) is 13.0 Å². The minimum Gasteiger partial charge on any atom is -0.324 e. The number of aromatic nitrogens is 2. The number of aryl methyl sites for hydroxylation is 1. The molecule has 1 fully saturated rings. The first-order valence-corrected chi connectivity index (χ1v) is 8.43. The Bertz CT molecular complexity index is 628. The maximum atomic E-state index is 12.2. The smallest absolute Gasteiger partial charge is 0.323 e. The molecule has 2 aromatic rings. The highest BCUT2D eigenvalue weighted by atomic mass is 32.2. The summed E-state index contributed by atoms with van der Waals surface area (Å²) in [6.07, 6.45) is 2.88. The molecular formula is C16H20N4OS. The molecule has 1 aliphatic rings. The molecule has 6 heteroatoms. The molecule has 1 atom stereocenters. The number of nitrogens with zero attached hydrogens (tertiary/aromatic N) is 3. The van der Waals surface area contributed by atoms with E-state index in [2.05, 4.69) is 34.7 Å². The minimum absolute atomic E-state index is 0.0501. The second-order valence-corrected chi connectivity index (χ2v) is 6.62. The van der Waals surface area contributed by atoms with Crippen LogP contribution in [0.3, 0.4) is 0 Å². The lowest BCUT2D eigenvalue weighted by molar-refractivity contribution is 0.221. The van der Waals surface area contributed by atoms with Crippen LogP contribution in [-0.2, 0) is 7.05 Å². The number of likely N-dealkylation sites (tertiary alicyclic amines) is 1. The van der Waals surface area contributed by atoms with Crippen molar-refractivity contribution >= 4 is 23.6 Å². The van der Waals surface area contributed by atoms with Crippen LogP contribution in [0, 0.1) is 5.92 Å². The Morgan fingerprint density at radius 1 is 1.36 bits per heavy atom. The quantitative estimate of drug-likeness (QED) is 0.882. The molecule has 1 N–H and O–H groups in total. The van der Waals surface area contributed by atoms with Crippen LogP contribution >= 0.6 is 11.8 Å². The predicted octanol–water partition coefficient (Wildman–Crippen LogP) is 3.07. The van der Waals surface area contributed by atoms with Crippen LogP contribution < -0.4 is 5.32 Å². The van der Waals surface area contributed by atoms with Crippen LogP contribution in [0.1, 0.15) is 6.42 Å². The molecule has 116 valence electrons. The second-order valence-electron chi connectivity index (χ2n) is 5.53. The predicted molar refractivity (Wildman–Crippen MR) is 89.1 cm³/mol. The van der Waals surface area contributed by atoms with E-state index in [9.17, 15) is 4.79 Å². The van der Waals surface area contributed by atoms with Crippen LogP contribution in [0.5, 0.6) is 0 Å². The fourth-order valence-electron chi connectivity index (χ4n) is 2.55. The highest BCUT2D eigenvalue weighted by molar-refractivity contribution is 7.99. The molecule has 1 unspecified atom stereocenters. The van der Waals surface area contributed by atoms with Gasteiger partial charge < -0.3 is 4.90 Å². The first-order chi connectivity index (χ1) is 10.7. The number of urea groups is 1. The molecule has 0 saturated carbocycles. The molecule has 2 heterocycles. The third kappa shape index (κ3) is 3.82. The third-order valence-corrected chi connectivity index (χ3v) is 4.99. The third-order valence-electron chi connectivity index (χ3n) is 3.75.